The van der Waals surface area contributed by atoms with Gasteiger partial charge in [-0.2, -0.15) is 5.06 Å². The van der Waals surface area contributed by atoms with Crippen molar-refractivity contribution in [3.63, 3.8) is 0 Å². The standard InChI is InChI=1S/C24H37NO5/c1-6-23(7-2)16-24(28-17-22(5,18-29-24)20(26)27)15-21(3,4)25(23)30-14-13-19-11-9-8-10-12-19/h8-12H,6-7,13-18H2,1-5H3,(H,26,27). The Morgan fingerprint density at radius 2 is 1.67 bits per heavy atom. The molecule has 168 valence electrons. The lowest BCUT2D eigenvalue weighted by molar-refractivity contribution is -0.384. The molecule has 2 fully saturated rings. The highest BCUT2D eigenvalue weighted by atomic mass is 16.7. The second-order valence-corrected chi connectivity index (χ2v) is 9.81. The van der Waals surface area contributed by atoms with E-state index in [4.69, 9.17) is 14.3 Å². The molecule has 6 nitrogen and oxygen atoms in total. The number of carboxylic acid groups (broad SMARTS) is 1. The Morgan fingerprint density at radius 3 is 2.20 bits per heavy atom. The number of carboxylic acids is 1. The van der Waals surface area contributed by atoms with Crippen molar-refractivity contribution in [2.45, 2.75) is 83.6 Å². The zero-order chi connectivity index (χ0) is 22.0. The van der Waals surface area contributed by atoms with Crippen molar-refractivity contribution in [1.82, 2.24) is 5.06 Å². The minimum atomic E-state index is -1.00. The third kappa shape index (κ3) is 4.42. The van der Waals surface area contributed by atoms with Crippen LogP contribution in [0, 0.1) is 5.41 Å². The summed E-state index contributed by atoms with van der Waals surface area (Å²) in [6.07, 6.45) is 3.93. The van der Waals surface area contributed by atoms with Gasteiger partial charge in [-0.3, -0.25) is 9.63 Å². The normalized spacial score (nSPS) is 31.0. The summed E-state index contributed by atoms with van der Waals surface area (Å²) in [5, 5.41) is 11.7. The van der Waals surface area contributed by atoms with Gasteiger partial charge in [-0.15, -0.1) is 0 Å². The van der Waals surface area contributed by atoms with Crippen LogP contribution in [0.25, 0.3) is 0 Å². The first-order valence-corrected chi connectivity index (χ1v) is 11.1. The lowest BCUT2D eigenvalue weighted by Crippen LogP contribution is -2.69. The lowest BCUT2D eigenvalue weighted by Gasteiger charge is -2.60. The molecule has 0 bridgehead atoms. The fourth-order valence-corrected chi connectivity index (χ4v) is 5.00. The summed E-state index contributed by atoms with van der Waals surface area (Å²) in [4.78, 5) is 18.1. The van der Waals surface area contributed by atoms with E-state index in [1.807, 2.05) is 6.07 Å². The topological polar surface area (TPSA) is 68.2 Å². The highest BCUT2D eigenvalue weighted by Crippen LogP contribution is 2.51. The van der Waals surface area contributed by atoms with Crippen LogP contribution in [0.3, 0.4) is 0 Å². The molecule has 0 atom stereocenters. The highest BCUT2D eigenvalue weighted by molar-refractivity contribution is 5.74. The molecule has 2 heterocycles. The van der Waals surface area contributed by atoms with Crippen LogP contribution < -0.4 is 0 Å². The molecule has 30 heavy (non-hydrogen) atoms. The molecule has 2 saturated heterocycles. The lowest BCUT2D eigenvalue weighted by atomic mass is 9.72. The summed E-state index contributed by atoms with van der Waals surface area (Å²) in [6, 6.07) is 10.4. The number of ether oxygens (including phenoxy) is 2. The van der Waals surface area contributed by atoms with Crippen LogP contribution in [0.2, 0.25) is 0 Å². The Balaban J connectivity index is 1.77. The third-order valence-corrected chi connectivity index (χ3v) is 6.88. The first kappa shape index (κ1) is 23.2. The van der Waals surface area contributed by atoms with Crippen LogP contribution >= 0.6 is 0 Å². The number of nitrogens with zero attached hydrogens (tertiary/aromatic N) is 1. The summed E-state index contributed by atoms with van der Waals surface area (Å²) in [5.74, 6) is -1.65. The van der Waals surface area contributed by atoms with Crippen molar-refractivity contribution in [2.24, 2.45) is 5.41 Å². The Labute approximate surface area is 180 Å². The third-order valence-electron chi connectivity index (χ3n) is 6.88. The molecule has 2 aliphatic heterocycles. The van der Waals surface area contributed by atoms with Gasteiger partial charge in [0.15, 0.2) is 5.79 Å². The zero-order valence-corrected chi connectivity index (χ0v) is 19.1. The van der Waals surface area contributed by atoms with E-state index in [0.717, 1.165) is 19.3 Å². The first-order valence-electron chi connectivity index (χ1n) is 11.1. The first-order chi connectivity index (χ1) is 14.1. The summed E-state index contributed by atoms with van der Waals surface area (Å²) >= 11 is 0. The van der Waals surface area contributed by atoms with E-state index in [9.17, 15) is 9.90 Å². The molecule has 0 radical (unpaired) electrons. The molecule has 2 aliphatic rings. The molecule has 6 heteroatoms. The van der Waals surface area contributed by atoms with Gasteiger partial charge in [-0.25, -0.2) is 0 Å². The molecule has 1 aromatic rings. The molecule has 0 unspecified atom stereocenters. The van der Waals surface area contributed by atoms with Gasteiger partial charge in [0, 0.05) is 18.4 Å². The largest absolute Gasteiger partial charge is 0.481 e. The van der Waals surface area contributed by atoms with Crippen molar-refractivity contribution < 1.29 is 24.2 Å². The van der Waals surface area contributed by atoms with Crippen LogP contribution in [0.1, 0.15) is 65.9 Å². The maximum absolute atomic E-state index is 11.6. The van der Waals surface area contributed by atoms with Gasteiger partial charge in [0.2, 0.25) is 0 Å². The predicted octanol–water partition coefficient (Wildman–Crippen LogP) is 4.43. The monoisotopic (exact) mass is 419 g/mol. The second kappa shape index (κ2) is 8.58. The summed E-state index contributed by atoms with van der Waals surface area (Å²) in [7, 11) is 0. The molecule has 3 rings (SSSR count). The van der Waals surface area contributed by atoms with Gasteiger partial charge in [0.25, 0.3) is 0 Å². The van der Waals surface area contributed by atoms with Crippen molar-refractivity contribution in [1.29, 1.82) is 0 Å². The summed E-state index contributed by atoms with van der Waals surface area (Å²) in [6.45, 7) is 11.3. The number of benzene rings is 1. The number of hydroxylamine groups is 2. The van der Waals surface area contributed by atoms with Crippen LogP contribution in [0.4, 0.5) is 0 Å². The van der Waals surface area contributed by atoms with E-state index in [2.05, 4.69) is 57.0 Å². The van der Waals surface area contributed by atoms with Gasteiger partial charge in [0.1, 0.15) is 5.41 Å². The minimum Gasteiger partial charge on any atom is -0.481 e. The molecule has 1 N–H and O–H groups in total. The Kier molecular flexibility index (Phi) is 6.63. The Morgan fingerprint density at radius 1 is 1.07 bits per heavy atom. The van der Waals surface area contributed by atoms with Gasteiger partial charge in [0.05, 0.1) is 25.4 Å². The number of piperidine rings is 1. The van der Waals surface area contributed by atoms with Crippen molar-refractivity contribution in [3.8, 4) is 0 Å². The van der Waals surface area contributed by atoms with Gasteiger partial charge in [-0.1, -0.05) is 44.2 Å². The zero-order valence-electron chi connectivity index (χ0n) is 19.1. The van der Waals surface area contributed by atoms with Gasteiger partial charge in [-0.05, 0) is 45.6 Å². The maximum atomic E-state index is 11.6. The van der Waals surface area contributed by atoms with Crippen LogP contribution in [0.5, 0.6) is 0 Å². The number of hydrogen-bond donors (Lipinski definition) is 1. The van der Waals surface area contributed by atoms with E-state index < -0.39 is 17.2 Å². The van der Waals surface area contributed by atoms with E-state index in [0.29, 0.717) is 19.4 Å². The van der Waals surface area contributed by atoms with Crippen LogP contribution in [0.15, 0.2) is 30.3 Å². The fourth-order valence-electron chi connectivity index (χ4n) is 5.00. The number of carbonyl (C=O) groups is 1. The van der Waals surface area contributed by atoms with Crippen molar-refractivity contribution >= 4 is 5.97 Å². The smallest absolute Gasteiger partial charge is 0.314 e. The van der Waals surface area contributed by atoms with E-state index in [1.54, 1.807) is 6.92 Å². The second-order valence-electron chi connectivity index (χ2n) is 9.81. The summed E-state index contributed by atoms with van der Waals surface area (Å²) < 4.78 is 12.4. The van der Waals surface area contributed by atoms with E-state index >= 15 is 0 Å². The van der Waals surface area contributed by atoms with Crippen LogP contribution in [-0.4, -0.2) is 52.8 Å². The maximum Gasteiger partial charge on any atom is 0.314 e. The minimum absolute atomic E-state index is 0.163. The van der Waals surface area contributed by atoms with Crippen LogP contribution in [-0.2, 0) is 25.5 Å². The number of aliphatic carboxylic acids is 1. The molecular weight excluding hydrogens is 382 g/mol. The average molecular weight is 420 g/mol. The predicted molar refractivity (Wildman–Crippen MR) is 115 cm³/mol. The molecule has 1 spiro atoms. The average Bonchev–Trinajstić information content (AvgIpc) is 2.72. The van der Waals surface area contributed by atoms with E-state index in [1.165, 1.54) is 5.56 Å². The fraction of sp³-hybridized carbons (Fsp3) is 0.708. The quantitative estimate of drug-likeness (QED) is 0.705. The molecule has 0 aliphatic carbocycles. The van der Waals surface area contributed by atoms with Crippen molar-refractivity contribution in [2.75, 3.05) is 19.8 Å². The van der Waals surface area contributed by atoms with Crippen molar-refractivity contribution in [3.05, 3.63) is 35.9 Å². The highest BCUT2D eigenvalue weighted by Gasteiger charge is 2.59. The molecule has 0 aromatic heterocycles. The van der Waals surface area contributed by atoms with Gasteiger partial charge < -0.3 is 14.6 Å². The molecule has 0 amide bonds. The summed E-state index contributed by atoms with van der Waals surface area (Å²) in [5.41, 5.74) is -0.304. The van der Waals surface area contributed by atoms with E-state index in [-0.39, 0.29) is 24.3 Å². The molecular formula is C24H37NO5. The van der Waals surface area contributed by atoms with Gasteiger partial charge >= 0.3 is 5.97 Å². The number of rotatable bonds is 7. The molecule has 1 aromatic carbocycles. The Bertz CT molecular complexity index is 720. The number of hydrogen-bond acceptors (Lipinski definition) is 5. The SMILES string of the molecule is CCC1(CC)CC2(CC(C)(C)N1OCCc1ccccc1)OCC(C)(C(=O)O)CO2. The Hall–Kier alpha value is -1.47. The molecule has 0 saturated carbocycles.